The van der Waals surface area contributed by atoms with E-state index in [2.05, 4.69) is 49.5 Å². The van der Waals surface area contributed by atoms with E-state index in [4.69, 9.17) is 16.3 Å². The smallest absolute Gasteiger partial charge is 0.224 e. The molecule has 0 radical (unpaired) electrons. The van der Waals surface area contributed by atoms with Crippen LogP contribution < -0.4 is 9.64 Å². The van der Waals surface area contributed by atoms with Crippen LogP contribution in [0, 0.1) is 18.3 Å². The average molecular weight is 459 g/mol. The average Bonchev–Trinajstić information content (AvgIpc) is 2.69. The zero-order valence-corrected chi connectivity index (χ0v) is 20.8. The molecule has 1 fully saturated rings. The van der Waals surface area contributed by atoms with Gasteiger partial charge in [-0.2, -0.15) is 0 Å². The van der Waals surface area contributed by atoms with Crippen LogP contribution in [0.1, 0.15) is 53.0 Å². The number of anilines is 1. The van der Waals surface area contributed by atoms with E-state index in [0.717, 1.165) is 30.9 Å². The molecule has 0 saturated carbocycles. The van der Waals surface area contributed by atoms with Crippen LogP contribution in [-0.2, 0) is 4.79 Å². The van der Waals surface area contributed by atoms with E-state index in [-0.39, 0.29) is 17.4 Å². The molecule has 0 N–H and O–H groups in total. The summed E-state index contributed by atoms with van der Waals surface area (Å²) in [6.45, 7) is 15.1. The van der Waals surface area contributed by atoms with Crippen LogP contribution in [-0.4, -0.2) is 46.5 Å². The number of aromatic nitrogens is 2. The van der Waals surface area contributed by atoms with Gasteiger partial charge >= 0.3 is 0 Å². The fraction of sp³-hybridized carbons (Fsp3) is 0.560. The zero-order valence-electron chi connectivity index (χ0n) is 20.1. The summed E-state index contributed by atoms with van der Waals surface area (Å²) >= 11 is 6.25. The second kappa shape index (κ2) is 10.1. The highest BCUT2D eigenvalue weighted by molar-refractivity contribution is 6.32. The molecule has 1 aliphatic heterocycles. The SMILES string of the molecule is Cc1ccc(Cl)c(Oc2cc(N3CCN(C(=O)C[C@@H](C)CC(C)(C)C)[C@@H](C)C3)ncn2)c1. The molecule has 6 nitrogen and oxygen atoms in total. The van der Waals surface area contributed by atoms with Gasteiger partial charge in [-0.1, -0.05) is 45.4 Å². The number of halogens is 1. The molecule has 2 aromatic rings. The number of amides is 1. The van der Waals surface area contributed by atoms with Gasteiger partial charge in [0.2, 0.25) is 11.8 Å². The van der Waals surface area contributed by atoms with E-state index in [1.54, 1.807) is 0 Å². The third-order valence-electron chi connectivity index (χ3n) is 5.68. The second-order valence-electron chi connectivity index (χ2n) is 10.2. The fourth-order valence-electron chi connectivity index (χ4n) is 4.43. The van der Waals surface area contributed by atoms with Gasteiger partial charge in [0.1, 0.15) is 17.9 Å². The Hall–Kier alpha value is -2.34. The van der Waals surface area contributed by atoms with Crippen molar-refractivity contribution in [2.75, 3.05) is 24.5 Å². The summed E-state index contributed by atoms with van der Waals surface area (Å²) in [5.41, 5.74) is 1.30. The molecule has 7 heteroatoms. The Morgan fingerprint density at radius 2 is 2.00 bits per heavy atom. The minimum absolute atomic E-state index is 0.114. The van der Waals surface area contributed by atoms with Crippen molar-refractivity contribution in [2.45, 2.75) is 60.4 Å². The predicted octanol–water partition coefficient (Wildman–Crippen LogP) is 5.73. The number of benzene rings is 1. The highest BCUT2D eigenvalue weighted by atomic mass is 35.5. The molecule has 174 valence electrons. The molecule has 1 saturated heterocycles. The predicted molar refractivity (Wildman–Crippen MR) is 130 cm³/mol. The summed E-state index contributed by atoms with van der Waals surface area (Å²) in [5.74, 6) is 2.44. The van der Waals surface area contributed by atoms with Crippen molar-refractivity contribution < 1.29 is 9.53 Å². The molecule has 1 aromatic heterocycles. The Labute approximate surface area is 196 Å². The van der Waals surface area contributed by atoms with Gasteiger partial charge in [0.05, 0.1) is 5.02 Å². The lowest BCUT2D eigenvalue weighted by Crippen LogP contribution is -2.54. The van der Waals surface area contributed by atoms with E-state index in [1.165, 1.54) is 6.33 Å². The van der Waals surface area contributed by atoms with Crippen LogP contribution in [0.2, 0.25) is 5.02 Å². The van der Waals surface area contributed by atoms with E-state index >= 15 is 0 Å². The number of hydrogen-bond acceptors (Lipinski definition) is 5. The fourth-order valence-corrected chi connectivity index (χ4v) is 4.59. The number of nitrogens with zero attached hydrogens (tertiary/aromatic N) is 4. The highest BCUT2D eigenvalue weighted by Crippen LogP contribution is 2.31. The molecule has 1 amide bonds. The Bertz CT molecular complexity index is 944. The number of aryl methyl sites for hydroxylation is 1. The quantitative estimate of drug-likeness (QED) is 0.553. The zero-order chi connectivity index (χ0) is 23.5. The molecule has 1 aliphatic rings. The van der Waals surface area contributed by atoms with Gasteiger partial charge in [-0.25, -0.2) is 9.97 Å². The molecule has 2 atom stereocenters. The normalized spacial score (nSPS) is 17.9. The van der Waals surface area contributed by atoms with Gasteiger partial charge in [0, 0.05) is 38.2 Å². The van der Waals surface area contributed by atoms with Crippen molar-refractivity contribution >= 4 is 23.3 Å². The standard InChI is InChI=1S/C25H35ClN4O2/c1-17-7-8-20(26)21(11-17)32-23-13-22(27-16-28-23)29-9-10-30(19(3)15-29)24(31)12-18(2)14-25(4,5)6/h7-8,11,13,16,18-19H,9-10,12,14-15H2,1-6H3/t18-,19+/m1/s1. The van der Waals surface area contributed by atoms with Gasteiger partial charge in [-0.15, -0.1) is 0 Å². The van der Waals surface area contributed by atoms with Gasteiger partial charge in [-0.05, 0) is 49.3 Å². The number of carbonyl (C=O) groups is 1. The summed E-state index contributed by atoms with van der Waals surface area (Å²) in [4.78, 5) is 25.8. The van der Waals surface area contributed by atoms with E-state index in [9.17, 15) is 4.79 Å². The first kappa shape index (κ1) is 24.3. The molecule has 0 aliphatic carbocycles. The van der Waals surface area contributed by atoms with Crippen LogP contribution in [0.5, 0.6) is 11.6 Å². The van der Waals surface area contributed by atoms with Crippen LogP contribution in [0.15, 0.2) is 30.6 Å². The largest absolute Gasteiger partial charge is 0.437 e. The maximum Gasteiger partial charge on any atom is 0.224 e. The molecule has 1 aromatic carbocycles. The minimum atomic E-state index is 0.114. The summed E-state index contributed by atoms with van der Waals surface area (Å²) in [6.07, 6.45) is 3.15. The summed E-state index contributed by atoms with van der Waals surface area (Å²) in [7, 11) is 0. The first-order valence-corrected chi connectivity index (χ1v) is 11.7. The monoisotopic (exact) mass is 458 g/mol. The molecule has 2 heterocycles. The molecule has 32 heavy (non-hydrogen) atoms. The lowest BCUT2D eigenvalue weighted by atomic mass is 9.84. The van der Waals surface area contributed by atoms with E-state index in [1.807, 2.05) is 36.1 Å². The minimum Gasteiger partial charge on any atom is -0.437 e. The van der Waals surface area contributed by atoms with Crippen molar-refractivity contribution in [1.29, 1.82) is 0 Å². The molecular formula is C25H35ClN4O2. The van der Waals surface area contributed by atoms with Crippen LogP contribution in [0.3, 0.4) is 0 Å². The van der Waals surface area contributed by atoms with Gasteiger partial charge in [-0.3, -0.25) is 4.79 Å². The lowest BCUT2D eigenvalue weighted by Gasteiger charge is -2.41. The lowest BCUT2D eigenvalue weighted by molar-refractivity contribution is -0.134. The Morgan fingerprint density at radius 3 is 2.69 bits per heavy atom. The third kappa shape index (κ3) is 6.58. The molecular weight excluding hydrogens is 424 g/mol. The molecule has 0 unspecified atom stereocenters. The summed E-state index contributed by atoms with van der Waals surface area (Å²) in [6, 6.07) is 7.58. The molecule has 0 bridgehead atoms. The molecule has 0 spiro atoms. The molecule has 3 rings (SSSR count). The maximum absolute atomic E-state index is 12.9. The van der Waals surface area contributed by atoms with Crippen molar-refractivity contribution in [1.82, 2.24) is 14.9 Å². The van der Waals surface area contributed by atoms with Gasteiger partial charge in [0.15, 0.2) is 0 Å². The van der Waals surface area contributed by atoms with Crippen LogP contribution in [0.4, 0.5) is 5.82 Å². The number of carbonyl (C=O) groups excluding carboxylic acids is 1. The van der Waals surface area contributed by atoms with Crippen LogP contribution >= 0.6 is 11.6 Å². The third-order valence-corrected chi connectivity index (χ3v) is 6.00. The number of ether oxygens (including phenoxy) is 1. The van der Waals surface area contributed by atoms with Crippen LogP contribution in [0.25, 0.3) is 0 Å². The van der Waals surface area contributed by atoms with Crippen molar-refractivity contribution in [2.24, 2.45) is 11.3 Å². The van der Waals surface area contributed by atoms with Gasteiger partial charge in [0.25, 0.3) is 0 Å². The number of hydrogen-bond donors (Lipinski definition) is 0. The Morgan fingerprint density at radius 1 is 1.25 bits per heavy atom. The topological polar surface area (TPSA) is 58.6 Å². The van der Waals surface area contributed by atoms with Crippen molar-refractivity contribution in [3.05, 3.63) is 41.2 Å². The number of piperazine rings is 1. The number of rotatable bonds is 6. The van der Waals surface area contributed by atoms with E-state index in [0.29, 0.717) is 35.5 Å². The summed E-state index contributed by atoms with van der Waals surface area (Å²) in [5, 5.41) is 0.539. The second-order valence-corrected chi connectivity index (χ2v) is 10.6. The highest BCUT2D eigenvalue weighted by Gasteiger charge is 2.29. The van der Waals surface area contributed by atoms with Gasteiger partial charge < -0.3 is 14.5 Å². The van der Waals surface area contributed by atoms with E-state index < -0.39 is 0 Å². The summed E-state index contributed by atoms with van der Waals surface area (Å²) < 4.78 is 5.92. The first-order valence-electron chi connectivity index (χ1n) is 11.3. The Balaban J connectivity index is 1.62. The van der Waals surface area contributed by atoms with Crippen molar-refractivity contribution in [3.8, 4) is 11.6 Å². The maximum atomic E-state index is 12.9. The Kier molecular flexibility index (Phi) is 7.65. The van der Waals surface area contributed by atoms with Crippen molar-refractivity contribution in [3.63, 3.8) is 0 Å². The first-order chi connectivity index (χ1) is 15.0.